The van der Waals surface area contributed by atoms with Gasteiger partial charge in [0.05, 0.1) is 12.3 Å². The Balaban J connectivity index is 3.71. The highest BCUT2D eigenvalue weighted by molar-refractivity contribution is 7.80. The van der Waals surface area contributed by atoms with Gasteiger partial charge in [-0.15, -0.1) is 0 Å². The molecule has 0 rings (SSSR count). The van der Waals surface area contributed by atoms with E-state index >= 15 is 0 Å². The molecular weight excluding hydrogens is 348 g/mol. The zero-order valence-corrected chi connectivity index (χ0v) is 17.4. The standard InChI is InChI=1S/C21H38O4S/c1-2-3-4-5-6-7-8-9-10-11-12-13-14-15-19(18-20(22)23)21(24)25-16-17-26/h14-15,19,26H,2-13,16-18H2,1H3,(H,22,23). The van der Waals surface area contributed by atoms with E-state index in [9.17, 15) is 9.59 Å². The van der Waals surface area contributed by atoms with Crippen LogP contribution in [0.5, 0.6) is 0 Å². The van der Waals surface area contributed by atoms with E-state index in [4.69, 9.17) is 9.84 Å². The van der Waals surface area contributed by atoms with Gasteiger partial charge in [0, 0.05) is 5.75 Å². The lowest BCUT2D eigenvalue weighted by Crippen LogP contribution is -2.20. The molecule has 26 heavy (non-hydrogen) atoms. The van der Waals surface area contributed by atoms with E-state index in [2.05, 4.69) is 19.6 Å². The third-order valence-corrected chi connectivity index (χ3v) is 4.56. The summed E-state index contributed by atoms with van der Waals surface area (Å²) in [6.07, 6.45) is 18.6. The monoisotopic (exact) mass is 386 g/mol. The van der Waals surface area contributed by atoms with Crippen molar-refractivity contribution in [2.24, 2.45) is 5.92 Å². The third kappa shape index (κ3) is 16.5. The van der Waals surface area contributed by atoms with Gasteiger partial charge in [-0.3, -0.25) is 9.59 Å². The number of unbranched alkanes of at least 4 members (excludes halogenated alkanes) is 11. The molecule has 0 aliphatic rings. The van der Waals surface area contributed by atoms with Gasteiger partial charge < -0.3 is 9.84 Å². The minimum Gasteiger partial charge on any atom is -0.481 e. The lowest BCUT2D eigenvalue weighted by Gasteiger charge is -2.09. The van der Waals surface area contributed by atoms with Crippen molar-refractivity contribution in [3.05, 3.63) is 12.2 Å². The van der Waals surface area contributed by atoms with Crippen molar-refractivity contribution in [2.75, 3.05) is 12.4 Å². The fourth-order valence-electron chi connectivity index (χ4n) is 2.86. The van der Waals surface area contributed by atoms with Crippen LogP contribution in [0.2, 0.25) is 0 Å². The average molecular weight is 387 g/mol. The smallest absolute Gasteiger partial charge is 0.313 e. The predicted octanol–water partition coefficient (Wildman–Crippen LogP) is 5.81. The van der Waals surface area contributed by atoms with Crippen LogP contribution >= 0.6 is 12.6 Å². The van der Waals surface area contributed by atoms with E-state index in [-0.39, 0.29) is 13.0 Å². The summed E-state index contributed by atoms with van der Waals surface area (Å²) in [5.74, 6) is -1.72. The predicted molar refractivity (Wildman–Crippen MR) is 111 cm³/mol. The lowest BCUT2D eigenvalue weighted by atomic mass is 10.0. The molecule has 4 nitrogen and oxygen atoms in total. The zero-order valence-electron chi connectivity index (χ0n) is 16.5. The van der Waals surface area contributed by atoms with Crippen LogP contribution < -0.4 is 0 Å². The Labute approximate surface area is 165 Å². The van der Waals surface area contributed by atoms with Crippen molar-refractivity contribution in [1.29, 1.82) is 0 Å². The highest BCUT2D eigenvalue weighted by Gasteiger charge is 2.20. The average Bonchev–Trinajstić information content (AvgIpc) is 2.62. The van der Waals surface area contributed by atoms with Gasteiger partial charge in [0.15, 0.2) is 0 Å². The van der Waals surface area contributed by atoms with Gasteiger partial charge in [-0.25, -0.2) is 0 Å². The second-order valence-electron chi connectivity index (χ2n) is 6.85. The number of aliphatic carboxylic acids is 1. The molecule has 0 bridgehead atoms. The van der Waals surface area contributed by atoms with Gasteiger partial charge >= 0.3 is 11.9 Å². The molecule has 1 atom stereocenters. The lowest BCUT2D eigenvalue weighted by molar-refractivity contribution is -0.150. The second kappa shape index (κ2) is 18.8. The Morgan fingerprint density at radius 2 is 1.50 bits per heavy atom. The number of allylic oxidation sites excluding steroid dienone is 1. The Morgan fingerprint density at radius 1 is 0.962 bits per heavy atom. The van der Waals surface area contributed by atoms with Crippen molar-refractivity contribution in [2.45, 2.75) is 90.4 Å². The maximum atomic E-state index is 11.8. The zero-order chi connectivity index (χ0) is 19.5. The van der Waals surface area contributed by atoms with Crippen LogP contribution in [-0.2, 0) is 14.3 Å². The van der Waals surface area contributed by atoms with Crippen molar-refractivity contribution in [1.82, 2.24) is 0 Å². The first-order valence-electron chi connectivity index (χ1n) is 10.3. The molecule has 0 aromatic rings. The molecule has 0 aromatic carbocycles. The molecule has 0 amide bonds. The molecule has 0 radical (unpaired) electrons. The number of carboxylic acid groups (broad SMARTS) is 1. The van der Waals surface area contributed by atoms with Crippen LogP contribution in [0, 0.1) is 5.92 Å². The number of hydrogen-bond acceptors (Lipinski definition) is 4. The van der Waals surface area contributed by atoms with Crippen molar-refractivity contribution < 1.29 is 19.4 Å². The Kier molecular flexibility index (Phi) is 18.1. The minimum absolute atomic E-state index is 0.213. The molecule has 152 valence electrons. The van der Waals surface area contributed by atoms with Gasteiger partial charge in [0.2, 0.25) is 0 Å². The molecule has 0 aromatic heterocycles. The Bertz CT molecular complexity index is 382. The summed E-state index contributed by atoms with van der Waals surface area (Å²) in [7, 11) is 0. The first-order chi connectivity index (χ1) is 12.6. The maximum absolute atomic E-state index is 11.8. The highest BCUT2D eigenvalue weighted by Crippen LogP contribution is 2.13. The number of carboxylic acids is 1. The van der Waals surface area contributed by atoms with Crippen LogP contribution in [0.3, 0.4) is 0 Å². The van der Waals surface area contributed by atoms with Crippen LogP contribution in [0.4, 0.5) is 0 Å². The fraction of sp³-hybridized carbons (Fsp3) is 0.810. The molecular formula is C21H38O4S. The molecule has 0 aliphatic heterocycles. The van der Waals surface area contributed by atoms with Crippen molar-refractivity contribution in [3.63, 3.8) is 0 Å². The normalized spacial score (nSPS) is 12.4. The molecule has 1 unspecified atom stereocenters. The summed E-state index contributed by atoms with van der Waals surface area (Å²) >= 11 is 3.98. The van der Waals surface area contributed by atoms with Gasteiger partial charge in [0.1, 0.15) is 6.61 Å². The molecule has 0 saturated heterocycles. The van der Waals surface area contributed by atoms with Crippen LogP contribution in [0.25, 0.3) is 0 Å². The van der Waals surface area contributed by atoms with E-state index < -0.39 is 17.9 Å². The molecule has 5 heteroatoms. The number of hydrogen-bond donors (Lipinski definition) is 2. The first kappa shape index (κ1) is 25.0. The summed E-state index contributed by atoms with van der Waals surface area (Å²) in [6.45, 7) is 2.46. The number of carbonyl (C=O) groups is 2. The first-order valence-corrected chi connectivity index (χ1v) is 10.9. The maximum Gasteiger partial charge on any atom is 0.313 e. The highest BCUT2D eigenvalue weighted by atomic mass is 32.1. The number of rotatable bonds is 18. The van der Waals surface area contributed by atoms with Gasteiger partial charge in [-0.2, -0.15) is 12.6 Å². The Hall–Kier alpha value is -0.970. The topological polar surface area (TPSA) is 63.6 Å². The van der Waals surface area contributed by atoms with Crippen molar-refractivity contribution in [3.8, 4) is 0 Å². The van der Waals surface area contributed by atoms with Crippen molar-refractivity contribution >= 4 is 24.6 Å². The van der Waals surface area contributed by atoms with Gasteiger partial charge in [-0.05, 0) is 12.8 Å². The number of thiol groups is 1. The van der Waals surface area contributed by atoms with Crippen LogP contribution in [0.15, 0.2) is 12.2 Å². The molecule has 0 saturated carbocycles. The minimum atomic E-state index is -0.989. The van der Waals surface area contributed by atoms with E-state index in [1.54, 1.807) is 6.08 Å². The summed E-state index contributed by atoms with van der Waals surface area (Å²) in [4.78, 5) is 22.7. The van der Waals surface area contributed by atoms with E-state index in [0.717, 1.165) is 12.8 Å². The molecule has 1 N–H and O–H groups in total. The summed E-state index contributed by atoms with van der Waals surface area (Å²) in [6, 6.07) is 0. The summed E-state index contributed by atoms with van der Waals surface area (Å²) in [5, 5.41) is 8.91. The largest absolute Gasteiger partial charge is 0.481 e. The van der Waals surface area contributed by atoms with Crippen LogP contribution in [0.1, 0.15) is 90.4 Å². The van der Waals surface area contributed by atoms with Crippen LogP contribution in [-0.4, -0.2) is 29.4 Å². The SMILES string of the molecule is CCCCCCCCCCCCCC=CC(CC(=O)O)C(=O)OCCS. The Morgan fingerprint density at radius 3 is 2.00 bits per heavy atom. The summed E-state index contributed by atoms with van der Waals surface area (Å²) in [5.41, 5.74) is 0. The molecule has 0 spiro atoms. The fourth-order valence-corrected chi connectivity index (χ4v) is 2.95. The van der Waals surface area contributed by atoms with Gasteiger partial charge in [-0.1, -0.05) is 83.3 Å². The molecule has 0 heterocycles. The second-order valence-corrected chi connectivity index (χ2v) is 7.30. The number of esters is 1. The van der Waals surface area contributed by atoms with Gasteiger partial charge in [0.25, 0.3) is 0 Å². The number of carbonyl (C=O) groups excluding carboxylic acids is 1. The third-order valence-electron chi connectivity index (χ3n) is 4.38. The number of ether oxygens (including phenoxy) is 1. The van der Waals surface area contributed by atoms with E-state index in [0.29, 0.717) is 5.75 Å². The molecule has 0 aliphatic carbocycles. The van der Waals surface area contributed by atoms with E-state index in [1.165, 1.54) is 64.2 Å². The quantitative estimate of drug-likeness (QED) is 0.135. The summed E-state index contributed by atoms with van der Waals surface area (Å²) < 4.78 is 4.99. The van der Waals surface area contributed by atoms with E-state index in [1.807, 2.05) is 6.08 Å². The molecule has 0 fully saturated rings.